The first kappa shape index (κ1) is 17.2. The fourth-order valence-electron chi connectivity index (χ4n) is 1.67. The second-order valence-electron chi connectivity index (χ2n) is 4.55. The molecule has 24 heavy (non-hydrogen) atoms. The van der Waals surface area contributed by atoms with Crippen molar-refractivity contribution in [3.8, 4) is 17.5 Å². The van der Waals surface area contributed by atoms with Crippen LogP contribution in [0.2, 0.25) is 0 Å². The number of halogens is 3. The zero-order chi connectivity index (χ0) is 17.9. The molecule has 0 aliphatic heterocycles. The van der Waals surface area contributed by atoms with Gasteiger partial charge >= 0.3 is 6.18 Å². The number of aliphatic hydroxyl groups is 1. The monoisotopic (exact) mass is 342 g/mol. The SMILES string of the molecule is N#Cc1nc(-c2ccc([N+](=O)[O-])cc2)oc1NCC(O)C(F)(F)F. The fraction of sp³-hybridized carbons (Fsp3) is 0.231. The van der Waals surface area contributed by atoms with E-state index in [4.69, 9.17) is 14.8 Å². The maximum atomic E-state index is 12.3. The molecule has 1 aromatic heterocycles. The van der Waals surface area contributed by atoms with Crippen LogP contribution in [0.5, 0.6) is 0 Å². The van der Waals surface area contributed by atoms with Crippen LogP contribution in [0.1, 0.15) is 5.69 Å². The topological polar surface area (TPSA) is 125 Å². The van der Waals surface area contributed by atoms with E-state index < -0.39 is 23.7 Å². The molecule has 0 aliphatic carbocycles. The third-order valence-electron chi connectivity index (χ3n) is 2.89. The molecule has 2 N–H and O–H groups in total. The number of hydrogen-bond acceptors (Lipinski definition) is 7. The standard InChI is InChI=1S/C13H9F3N4O4/c14-13(15,16)10(21)6-18-12-9(5-17)19-11(24-12)7-1-3-8(4-2-7)20(22)23/h1-4,10,18,21H,6H2. The van der Waals surface area contributed by atoms with Crippen molar-refractivity contribution in [3.63, 3.8) is 0 Å². The Morgan fingerprint density at radius 1 is 1.42 bits per heavy atom. The smallest absolute Gasteiger partial charge is 0.416 e. The third kappa shape index (κ3) is 3.79. The van der Waals surface area contributed by atoms with Gasteiger partial charge in [-0.15, -0.1) is 0 Å². The van der Waals surface area contributed by atoms with E-state index in [1.165, 1.54) is 24.3 Å². The molecule has 1 heterocycles. The minimum atomic E-state index is -4.82. The normalized spacial score (nSPS) is 12.5. The number of non-ortho nitro benzene ring substituents is 1. The summed E-state index contributed by atoms with van der Waals surface area (Å²) in [5.41, 5.74) is -0.184. The number of anilines is 1. The van der Waals surface area contributed by atoms with E-state index in [1.54, 1.807) is 6.07 Å². The highest BCUT2D eigenvalue weighted by Gasteiger charge is 2.38. The van der Waals surface area contributed by atoms with Crippen LogP contribution in [0.25, 0.3) is 11.5 Å². The molecule has 1 atom stereocenters. The Morgan fingerprint density at radius 3 is 2.54 bits per heavy atom. The Hall–Kier alpha value is -3.13. The Morgan fingerprint density at radius 2 is 2.04 bits per heavy atom. The van der Waals surface area contributed by atoms with Gasteiger partial charge in [-0.2, -0.15) is 23.4 Å². The zero-order valence-corrected chi connectivity index (χ0v) is 11.7. The second kappa shape index (κ2) is 6.55. The van der Waals surface area contributed by atoms with Crippen LogP contribution in [0, 0.1) is 21.4 Å². The van der Waals surface area contributed by atoms with E-state index >= 15 is 0 Å². The average molecular weight is 342 g/mol. The third-order valence-corrected chi connectivity index (χ3v) is 2.89. The summed E-state index contributed by atoms with van der Waals surface area (Å²) in [6.45, 7) is -0.924. The molecule has 1 unspecified atom stereocenters. The number of nitro benzene ring substituents is 1. The molecule has 126 valence electrons. The van der Waals surface area contributed by atoms with Crippen molar-refractivity contribution in [2.45, 2.75) is 12.3 Å². The van der Waals surface area contributed by atoms with Gasteiger partial charge in [0.05, 0.1) is 11.5 Å². The van der Waals surface area contributed by atoms with E-state index in [2.05, 4.69) is 10.3 Å². The number of oxazole rings is 1. The number of nitriles is 1. The lowest BCUT2D eigenvalue weighted by atomic mass is 10.2. The van der Waals surface area contributed by atoms with E-state index in [9.17, 15) is 23.3 Å². The number of benzene rings is 1. The van der Waals surface area contributed by atoms with E-state index in [-0.39, 0.29) is 23.2 Å². The van der Waals surface area contributed by atoms with Gasteiger partial charge < -0.3 is 14.8 Å². The van der Waals surface area contributed by atoms with Gasteiger partial charge in [-0.05, 0) is 12.1 Å². The minimum Gasteiger partial charge on any atom is -0.419 e. The first-order valence-electron chi connectivity index (χ1n) is 6.36. The number of alkyl halides is 3. The van der Waals surface area contributed by atoms with Crippen molar-refractivity contribution in [2.24, 2.45) is 0 Å². The number of nitrogens with zero attached hydrogens (tertiary/aromatic N) is 3. The van der Waals surface area contributed by atoms with Crippen molar-refractivity contribution in [2.75, 3.05) is 11.9 Å². The Balaban J connectivity index is 2.21. The van der Waals surface area contributed by atoms with Crippen molar-refractivity contribution in [1.29, 1.82) is 5.26 Å². The molecule has 2 rings (SSSR count). The van der Waals surface area contributed by atoms with Crippen LogP contribution < -0.4 is 5.32 Å². The lowest BCUT2D eigenvalue weighted by Crippen LogP contribution is -2.35. The van der Waals surface area contributed by atoms with Crippen molar-refractivity contribution in [1.82, 2.24) is 4.98 Å². The average Bonchev–Trinajstić information content (AvgIpc) is 2.95. The molecule has 0 amide bonds. The van der Waals surface area contributed by atoms with Gasteiger partial charge in [0.25, 0.3) is 5.69 Å². The molecule has 0 radical (unpaired) electrons. The lowest BCUT2D eigenvalue weighted by Gasteiger charge is -2.14. The van der Waals surface area contributed by atoms with E-state index in [0.29, 0.717) is 5.56 Å². The van der Waals surface area contributed by atoms with Crippen LogP contribution >= 0.6 is 0 Å². The number of nitrogens with one attached hydrogen (secondary N) is 1. The lowest BCUT2D eigenvalue weighted by molar-refractivity contribution is -0.384. The Kier molecular flexibility index (Phi) is 4.70. The highest BCUT2D eigenvalue weighted by atomic mass is 19.4. The molecule has 8 nitrogen and oxygen atoms in total. The molecular formula is C13H9F3N4O4. The summed E-state index contributed by atoms with van der Waals surface area (Å²) in [5.74, 6) is -0.445. The van der Waals surface area contributed by atoms with Crippen LogP contribution in [-0.4, -0.2) is 33.8 Å². The molecule has 0 saturated carbocycles. The van der Waals surface area contributed by atoms with Gasteiger partial charge in [-0.1, -0.05) is 0 Å². The predicted octanol–water partition coefficient (Wildman–Crippen LogP) is 2.46. The van der Waals surface area contributed by atoms with Crippen molar-refractivity contribution >= 4 is 11.6 Å². The Labute approximate surface area is 132 Å². The summed E-state index contributed by atoms with van der Waals surface area (Å²) < 4.78 is 41.9. The minimum absolute atomic E-state index is 0.106. The molecule has 0 saturated heterocycles. The number of aliphatic hydroxyl groups excluding tert-OH is 1. The summed E-state index contributed by atoms with van der Waals surface area (Å²) in [7, 11) is 0. The van der Waals surface area contributed by atoms with Crippen molar-refractivity contribution < 1.29 is 27.6 Å². The van der Waals surface area contributed by atoms with Gasteiger partial charge in [0.1, 0.15) is 6.07 Å². The van der Waals surface area contributed by atoms with Crippen LogP contribution in [0.4, 0.5) is 24.7 Å². The van der Waals surface area contributed by atoms with Crippen molar-refractivity contribution in [3.05, 3.63) is 40.1 Å². The second-order valence-corrected chi connectivity index (χ2v) is 4.55. The molecule has 1 aromatic carbocycles. The maximum absolute atomic E-state index is 12.3. The number of hydrogen-bond donors (Lipinski definition) is 2. The highest BCUT2D eigenvalue weighted by Crippen LogP contribution is 2.27. The van der Waals surface area contributed by atoms with Gasteiger partial charge in [0.15, 0.2) is 6.10 Å². The van der Waals surface area contributed by atoms with Gasteiger partial charge in [-0.25, -0.2) is 0 Å². The molecule has 11 heteroatoms. The molecule has 0 aliphatic rings. The number of nitro groups is 1. The summed E-state index contributed by atoms with van der Waals surface area (Å²) in [4.78, 5) is 13.8. The summed E-state index contributed by atoms with van der Waals surface area (Å²) >= 11 is 0. The van der Waals surface area contributed by atoms with Gasteiger partial charge in [0.2, 0.25) is 17.5 Å². The van der Waals surface area contributed by atoms with Crippen LogP contribution in [0.3, 0.4) is 0 Å². The van der Waals surface area contributed by atoms with Crippen LogP contribution in [0.15, 0.2) is 28.7 Å². The first-order valence-corrected chi connectivity index (χ1v) is 6.36. The molecule has 0 spiro atoms. The molecule has 0 fully saturated rings. The molecule has 0 bridgehead atoms. The van der Waals surface area contributed by atoms with E-state index in [0.717, 1.165) is 0 Å². The van der Waals surface area contributed by atoms with Crippen LogP contribution in [-0.2, 0) is 0 Å². The van der Waals surface area contributed by atoms with Gasteiger partial charge in [0, 0.05) is 17.7 Å². The number of aromatic nitrogens is 1. The maximum Gasteiger partial charge on any atom is 0.416 e. The summed E-state index contributed by atoms with van der Waals surface area (Å²) in [5, 5.41) is 30.6. The zero-order valence-electron chi connectivity index (χ0n) is 11.7. The summed E-state index contributed by atoms with van der Waals surface area (Å²) in [6, 6.07) is 6.65. The molecule has 2 aromatic rings. The number of rotatable bonds is 5. The molecular weight excluding hydrogens is 333 g/mol. The van der Waals surface area contributed by atoms with E-state index in [1.807, 2.05) is 0 Å². The Bertz CT molecular complexity index is 780. The quantitative estimate of drug-likeness (QED) is 0.631. The van der Waals surface area contributed by atoms with Gasteiger partial charge in [-0.3, -0.25) is 10.1 Å². The largest absolute Gasteiger partial charge is 0.419 e. The highest BCUT2D eigenvalue weighted by molar-refractivity contribution is 5.60. The summed E-state index contributed by atoms with van der Waals surface area (Å²) in [6.07, 6.45) is -7.46. The predicted molar refractivity (Wildman–Crippen MR) is 73.9 cm³/mol. The fourth-order valence-corrected chi connectivity index (χ4v) is 1.67. The first-order chi connectivity index (χ1) is 11.2.